The van der Waals surface area contributed by atoms with E-state index >= 15 is 0 Å². The number of aryl methyl sites for hydroxylation is 2. The maximum absolute atomic E-state index is 13.1. The van der Waals surface area contributed by atoms with E-state index < -0.39 is 21.3 Å². The molecular formula is C30H29BrN2O8S2. The van der Waals surface area contributed by atoms with Crippen molar-refractivity contribution < 1.29 is 36.5 Å². The monoisotopic (exact) mass is 688 g/mol. The van der Waals surface area contributed by atoms with Gasteiger partial charge in [-0.15, -0.1) is 0 Å². The van der Waals surface area contributed by atoms with Gasteiger partial charge in [0.15, 0.2) is 11.5 Å². The van der Waals surface area contributed by atoms with E-state index in [4.69, 9.17) is 13.7 Å². The quantitative estimate of drug-likeness (QED) is 0.182. The van der Waals surface area contributed by atoms with Crippen molar-refractivity contribution in [1.82, 2.24) is 4.90 Å². The van der Waals surface area contributed by atoms with Crippen molar-refractivity contribution in [1.29, 1.82) is 0 Å². The molecule has 0 spiro atoms. The van der Waals surface area contributed by atoms with Crippen molar-refractivity contribution in [3.8, 4) is 17.2 Å². The number of thioether (sulfide) groups is 1. The molecule has 10 nitrogen and oxygen atoms in total. The van der Waals surface area contributed by atoms with E-state index in [2.05, 4.69) is 21.2 Å². The van der Waals surface area contributed by atoms with Crippen LogP contribution in [0.2, 0.25) is 0 Å². The Balaban J connectivity index is 1.51. The van der Waals surface area contributed by atoms with Crippen LogP contribution in [0.15, 0.2) is 68.9 Å². The van der Waals surface area contributed by atoms with Crippen molar-refractivity contribution in [2.45, 2.75) is 32.6 Å². The Morgan fingerprint density at radius 3 is 2.42 bits per heavy atom. The molecule has 0 aliphatic carbocycles. The second-order valence-electron chi connectivity index (χ2n) is 9.46. The van der Waals surface area contributed by atoms with E-state index in [1.807, 2.05) is 32.0 Å². The number of rotatable bonds is 11. The zero-order valence-electron chi connectivity index (χ0n) is 23.8. The summed E-state index contributed by atoms with van der Waals surface area (Å²) in [5.74, 6) is -0.0186. The van der Waals surface area contributed by atoms with Gasteiger partial charge >= 0.3 is 10.1 Å². The van der Waals surface area contributed by atoms with Gasteiger partial charge in [0.1, 0.15) is 17.3 Å². The lowest BCUT2D eigenvalue weighted by molar-refractivity contribution is -0.123. The van der Waals surface area contributed by atoms with Gasteiger partial charge in [0.05, 0.1) is 22.5 Å². The first-order valence-electron chi connectivity index (χ1n) is 13.1. The number of hydrogen-bond acceptors (Lipinski definition) is 9. The molecule has 3 aromatic carbocycles. The van der Waals surface area contributed by atoms with E-state index in [1.54, 1.807) is 13.0 Å². The number of nitrogens with one attached hydrogen (secondary N) is 1. The van der Waals surface area contributed by atoms with E-state index in [0.29, 0.717) is 17.0 Å². The van der Waals surface area contributed by atoms with Crippen LogP contribution in [0.25, 0.3) is 6.08 Å². The van der Waals surface area contributed by atoms with Crippen LogP contribution in [0, 0.1) is 13.8 Å². The van der Waals surface area contributed by atoms with Crippen LogP contribution in [0.4, 0.5) is 10.5 Å². The molecule has 13 heteroatoms. The number of ether oxygens (including phenoxy) is 2. The third-order valence-corrected chi connectivity index (χ3v) is 8.81. The molecule has 226 valence electrons. The Labute approximate surface area is 262 Å². The Bertz CT molecular complexity index is 1710. The fraction of sp³-hybridized carbons (Fsp3) is 0.233. The Kier molecular flexibility index (Phi) is 10.2. The fourth-order valence-corrected chi connectivity index (χ4v) is 6.50. The summed E-state index contributed by atoms with van der Waals surface area (Å²) in [7, 11) is -4.27. The van der Waals surface area contributed by atoms with Gasteiger partial charge in [-0.1, -0.05) is 12.1 Å². The predicted molar refractivity (Wildman–Crippen MR) is 168 cm³/mol. The normalized spacial score (nSPS) is 14.3. The molecule has 1 saturated heterocycles. The third kappa shape index (κ3) is 7.98. The van der Waals surface area contributed by atoms with Crippen LogP contribution in [0.3, 0.4) is 0 Å². The molecule has 0 bridgehead atoms. The summed E-state index contributed by atoms with van der Waals surface area (Å²) in [6.45, 7) is 7.38. The minimum Gasteiger partial charge on any atom is -0.491 e. The maximum Gasteiger partial charge on any atom is 0.339 e. The van der Waals surface area contributed by atoms with E-state index in [-0.39, 0.29) is 51.4 Å². The molecule has 3 amide bonds. The summed E-state index contributed by atoms with van der Waals surface area (Å²) in [6, 6.07) is 14.4. The Hall–Kier alpha value is -3.81. The number of benzene rings is 3. The van der Waals surface area contributed by atoms with Gasteiger partial charge < -0.3 is 19.0 Å². The van der Waals surface area contributed by atoms with E-state index in [0.717, 1.165) is 27.8 Å². The highest BCUT2D eigenvalue weighted by Crippen LogP contribution is 2.40. The lowest BCUT2D eigenvalue weighted by Crippen LogP contribution is -2.32. The summed E-state index contributed by atoms with van der Waals surface area (Å²) < 4.78 is 43.3. The molecule has 1 heterocycles. The molecule has 0 aromatic heterocycles. The first-order valence-corrected chi connectivity index (χ1v) is 16.1. The average molecular weight is 690 g/mol. The van der Waals surface area contributed by atoms with Crippen molar-refractivity contribution in [3.63, 3.8) is 0 Å². The summed E-state index contributed by atoms with van der Waals surface area (Å²) >= 11 is 4.16. The van der Waals surface area contributed by atoms with Crippen LogP contribution >= 0.6 is 27.7 Å². The molecule has 3 aromatic rings. The summed E-state index contributed by atoms with van der Waals surface area (Å²) in [4.78, 5) is 38.1. The zero-order valence-corrected chi connectivity index (χ0v) is 27.0. The number of carbonyl (C=O) groups is 3. The highest BCUT2D eigenvalue weighted by molar-refractivity contribution is 9.10. The second kappa shape index (κ2) is 13.7. The molecule has 0 saturated carbocycles. The topological polar surface area (TPSA) is 128 Å². The number of halogens is 1. The van der Waals surface area contributed by atoms with Gasteiger partial charge in [-0.3, -0.25) is 19.3 Å². The predicted octanol–water partition coefficient (Wildman–Crippen LogP) is 6.31. The number of imide groups is 1. The lowest BCUT2D eigenvalue weighted by atomic mass is 10.1. The number of amides is 3. The maximum atomic E-state index is 13.1. The smallest absolute Gasteiger partial charge is 0.339 e. The Morgan fingerprint density at radius 2 is 1.74 bits per heavy atom. The molecule has 1 aliphatic heterocycles. The summed E-state index contributed by atoms with van der Waals surface area (Å²) in [5, 5.41) is 2.15. The van der Waals surface area contributed by atoms with Crippen LogP contribution in [0.1, 0.15) is 30.5 Å². The van der Waals surface area contributed by atoms with Crippen LogP contribution in [-0.4, -0.2) is 50.1 Å². The number of hydrogen-bond donors (Lipinski definition) is 1. The van der Waals surface area contributed by atoms with E-state index in [1.165, 1.54) is 43.3 Å². The molecule has 0 atom stereocenters. The van der Waals surface area contributed by atoms with Crippen LogP contribution < -0.4 is 19.0 Å². The minimum absolute atomic E-state index is 0.0818. The number of nitrogens with zero attached hydrogens (tertiary/aromatic N) is 1. The molecule has 0 unspecified atom stereocenters. The standard InChI is InChI=1S/C30H29BrN2O8S2/c1-5-39-26-16-21(15-24(31)28(26)41-43(37,38)23-10-8-22(9-11-23)32-20(4)34)17-27-29(35)33(30(36)42-27)12-13-40-25-14-18(2)6-7-19(25)3/h6-11,14-17H,5,12-13H2,1-4H3,(H,32,34)/b27-17-. The molecule has 1 aliphatic rings. The SMILES string of the molecule is CCOc1cc(/C=C2\SC(=O)N(CCOc3cc(C)ccc3C)C2=O)cc(Br)c1OS(=O)(=O)c1ccc(NC(C)=O)cc1. The molecule has 1 fully saturated rings. The Morgan fingerprint density at radius 1 is 1.02 bits per heavy atom. The van der Waals surface area contributed by atoms with Gasteiger partial charge in [0.25, 0.3) is 11.1 Å². The summed E-state index contributed by atoms with van der Waals surface area (Å²) in [5.41, 5.74) is 2.91. The molecule has 1 N–H and O–H groups in total. The zero-order chi connectivity index (χ0) is 31.3. The average Bonchev–Trinajstić information content (AvgIpc) is 3.20. The third-order valence-electron chi connectivity index (χ3n) is 6.08. The van der Waals surface area contributed by atoms with Crippen molar-refractivity contribution >= 4 is 66.6 Å². The van der Waals surface area contributed by atoms with Crippen LogP contribution in [-0.2, 0) is 19.7 Å². The van der Waals surface area contributed by atoms with Gasteiger partial charge in [0, 0.05) is 12.6 Å². The molecule has 43 heavy (non-hydrogen) atoms. The minimum atomic E-state index is -4.27. The van der Waals surface area contributed by atoms with Crippen LogP contribution in [0.5, 0.6) is 17.2 Å². The van der Waals surface area contributed by atoms with Crippen molar-refractivity contribution in [2.24, 2.45) is 0 Å². The highest BCUT2D eigenvalue weighted by atomic mass is 79.9. The first kappa shape index (κ1) is 32.1. The van der Waals surface area contributed by atoms with Gasteiger partial charge in [-0.25, -0.2) is 0 Å². The number of anilines is 1. The van der Waals surface area contributed by atoms with E-state index in [9.17, 15) is 22.8 Å². The molecule has 0 radical (unpaired) electrons. The second-order valence-corrected chi connectivity index (χ2v) is 12.9. The molecular weight excluding hydrogens is 660 g/mol. The first-order chi connectivity index (χ1) is 20.4. The lowest BCUT2D eigenvalue weighted by Gasteiger charge is -2.15. The highest BCUT2D eigenvalue weighted by Gasteiger charge is 2.35. The van der Waals surface area contributed by atoms with Gasteiger partial charge in [-0.2, -0.15) is 8.42 Å². The van der Waals surface area contributed by atoms with Crippen molar-refractivity contribution in [2.75, 3.05) is 25.1 Å². The molecule has 4 rings (SSSR count). The van der Waals surface area contributed by atoms with Gasteiger partial charge in [0.2, 0.25) is 5.91 Å². The largest absolute Gasteiger partial charge is 0.491 e. The van der Waals surface area contributed by atoms with Gasteiger partial charge in [-0.05, 0) is 114 Å². The fourth-order valence-electron chi connectivity index (χ4n) is 4.03. The number of carbonyl (C=O) groups excluding carboxylic acids is 3. The summed E-state index contributed by atoms with van der Waals surface area (Å²) in [6.07, 6.45) is 1.53. The van der Waals surface area contributed by atoms with Crippen molar-refractivity contribution in [3.05, 3.63) is 80.7 Å².